The zero-order valence-electron chi connectivity index (χ0n) is 31.5. The smallest absolute Gasteiger partial charge is 0.410 e. The minimum Gasteiger partial charge on any atom is -0.494 e. The zero-order valence-corrected chi connectivity index (χ0v) is 31.5. The van der Waals surface area contributed by atoms with E-state index in [1.807, 2.05) is 39.0 Å². The van der Waals surface area contributed by atoms with Gasteiger partial charge in [0, 0.05) is 119 Å². The van der Waals surface area contributed by atoms with Crippen molar-refractivity contribution in [1.82, 2.24) is 29.2 Å². The van der Waals surface area contributed by atoms with E-state index in [-0.39, 0.29) is 12.0 Å². The molecule has 13 nitrogen and oxygen atoms in total. The number of likely N-dealkylation sites (tertiary alicyclic amines) is 2. The first kappa shape index (κ1) is 35.2. The van der Waals surface area contributed by atoms with Crippen LogP contribution in [0.15, 0.2) is 54.9 Å². The number of piperazine rings is 1. The molecule has 280 valence electrons. The van der Waals surface area contributed by atoms with Crippen molar-refractivity contribution in [3.05, 3.63) is 54.9 Å². The standard InChI is InChI=1S/C40H51N9O4/c1-26(50)42-33-18-34(44-38-41-13-12-32(43-38)31-25-49(28-10-11-28)35-9-7-6-8-30(31)35)37(52-5)19-36(33)47-16-14-46(15-17-47)29-23-45(24-29)20-27-21-48(22-27)39(51)53-40(2,3)4/h6-9,12-13,18-19,25,27-29H,10-11,14-17,20-24H2,1-5H3,(H,42,50)(H,41,43,44). The third-order valence-electron chi connectivity index (χ3n) is 10.7. The lowest BCUT2D eigenvalue weighted by Crippen LogP contribution is -2.65. The van der Waals surface area contributed by atoms with Gasteiger partial charge >= 0.3 is 6.09 Å². The molecule has 3 saturated heterocycles. The van der Waals surface area contributed by atoms with Crippen LogP contribution < -0.4 is 20.3 Å². The maximum absolute atomic E-state index is 12.4. The summed E-state index contributed by atoms with van der Waals surface area (Å²) in [5.41, 5.74) is 5.01. The molecule has 1 saturated carbocycles. The van der Waals surface area contributed by atoms with Crippen molar-refractivity contribution in [3.63, 3.8) is 0 Å². The topological polar surface area (TPSA) is 120 Å². The fraction of sp³-hybridized carbons (Fsp3) is 0.500. The summed E-state index contributed by atoms with van der Waals surface area (Å²) in [5, 5.41) is 7.63. The third kappa shape index (κ3) is 7.63. The Bertz CT molecular complexity index is 1980. The number of para-hydroxylation sites is 1. The van der Waals surface area contributed by atoms with Gasteiger partial charge in [0.25, 0.3) is 0 Å². The predicted molar refractivity (Wildman–Crippen MR) is 207 cm³/mol. The summed E-state index contributed by atoms with van der Waals surface area (Å²) in [6.45, 7) is 15.5. The van der Waals surface area contributed by atoms with E-state index in [4.69, 9.17) is 14.5 Å². The van der Waals surface area contributed by atoms with Crippen molar-refractivity contribution >= 4 is 45.9 Å². The van der Waals surface area contributed by atoms with Crippen LogP contribution in [-0.2, 0) is 9.53 Å². The van der Waals surface area contributed by atoms with Gasteiger partial charge in [-0.1, -0.05) is 18.2 Å². The normalized spacial score (nSPS) is 18.8. The molecule has 2 amide bonds. The van der Waals surface area contributed by atoms with Crippen LogP contribution in [0.3, 0.4) is 0 Å². The highest BCUT2D eigenvalue weighted by Crippen LogP contribution is 2.42. The van der Waals surface area contributed by atoms with E-state index in [9.17, 15) is 9.59 Å². The average molecular weight is 722 g/mol. The monoisotopic (exact) mass is 721 g/mol. The minimum absolute atomic E-state index is 0.137. The average Bonchev–Trinajstić information content (AvgIpc) is 3.86. The Morgan fingerprint density at radius 3 is 2.40 bits per heavy atom. The summed E-state index contributed by atoms with van der Waals surface area (Å²) < 4.78 is 13.8. The van der Waals surface area contributed by atoms with Crippen LogP contribution in [0.2, 0.25) is 0 Å². The molecule has 2 aromatic carbocycles. The number of rotatable bonds is 10. The maximum Gasteiger partial charge on any atom is 0.410 e. The van der Waals surface area contributed by atoms with Gasteiger partial charge in [0.05, 0.1) is 29.9 Å². The molecule has 4 aliphatic rings. The van der Waals surface area contributed by atoms with Crippen molar-refractivity contribution in [2.45, 2.75) is 58.2 Å². The van der Waals surface area contributed by atoms with E-state index in [0.717, 1.165) is 75.8 Å². The molecule has 2 aromatic heterocycles. The SMILES string of the molecule is COc1cc(N2CCN(C3CN(CC4CN(C(=O)OC(C)(C)C)C4)C3)CC2)c(NC(C)=O)cc1Nc1nccc(-c2cn(C3CC3)c3ccccc23)n1. The maximum atomic E-state index is 12.4. The zero-order chi connectivity index (χ0) is 36.9. The molecule has 0 unspecified atom stereocenters. The minimum atomic E-state index is -0.461. The number of ether oxygens (including phenoxy) is 2. The van der Waals surface area contributed by atoms with Crippen LogP contribution in [-0.4, -0.2) is 119 Å². The van der Waals surface area contributed by atoms with Gasteiger partial charge in [0.1, 0.15) is 11.4 Å². The molecular weight excluding hydrogens is 670 g/mol. The number of hydrogen-bond acceptors (Lipinski definition) is 10. The van der Waals surface area contributed by atoms with E-state index in [2.05, 4.69) is 65.3 Å². The van der Waals surface area contributed by atoms with E-state index in [1.165, 1.54) is 30.7 Å². The number of aromatic nitrogens is 3. The second-order valence-corrected chi connectivity index (χ2v) is 16.0. The van der Waals surface area contributed by atoms with Crippen LogP contribution in [0.1, 0.15) is 46.6 Å². The molecule has 4 fully saturated rings. The fourth-order valence-electron chi connectivity index (χ4n) is 7.92. The molecule has 3 aliphatic heterocycles. The number of methoxy groups -OCH3 is 1. The number of hydrogen-bond donors (Lipinski definition) is 2. The number of amides is 2. The number of nitrogens with zero attached hydrogens (tertiary/aromatic N) is 7. The largest absolute Gasteiger partial charge is 0.494 e. The second kappa shape index (κ2) is 14.2. The molecule has 5 heterocycles. The Morgan fingerprint density at radius 1 is 0.943 bits per heavy atom. The molecule has 0 atom stereocenters. The molecule has 2 N–H and O–H groups in total. The van der Waals surface area contributed by atoms with Gasteiger partial charge in [-0.05, 0) is 51.8 Å². The van der Waals surface area contributed by atoms with Crippen molar-refractivity contribution < 1.29 is 19.1 Å². The fourth-order valence-corrected chi connectivity index (χ4v) is 7.92. The molecule has 53 heavy (non-hydrogen) atoms. The second-order valence-electron chi connectivity index (χ2n) is 16.0. The summed E-state index contributed by atoms with van der Waals surface area (Å²) >= 11 is 0. The molecule has 4 aromatic rings. The lowest BCUT2D eigenvalue weighted by molar-refractivity contribution is -0.114. The van der Waals surface area contributed by atoms with Gasteiger partial charge < -0.3 is 34.5 Å². The molecule has 13 heteroatoms. The Labute approximate surface area is 311 Å². The Hall–Kier alpha value is -4.88. The van der Waals surface area contributed by atoms with Crippen LogP contribution in [0.5, 0.6) is 5.75 Å². The van der Waals surface area contributed by atoms with Gasteiger partial charge in [0.15, 0.2) is 0 Å². The first-order valence-corrected chi connectivity index (χ1v) is 18.9. The number of nitrogens with one attached hydrogen (secondary N) is 2. The van der Waals surface area contributed by atoms with Crippen molar-refractivity contribution in [1.29, 1.82) is 0 Å². The lowest BCUT2D eigenvalue weighted by Gasteiger charge is -2.51. The number of benzene rings is 2. The van der Waals surface area contributed by atoms with E-state index in [0.29, 0.717) is 41.1 Å². The number of anilines is 4. The summed E-state index contributed by atoms with van der Waals surface area (Å²) in [5.74, 6) is 1.47. The Kier molecular flexibility index (Phi) is 9.40. The van der Waals surface area contributed by atoms with Gasteiger partial charge in [-0.2, -0.15) is 0 Å². The highest BCUT2D eigenvalue weighted by atomic mass is 16.6. The van der Waals surface area contributed by atoms with Crippen LogP contribution in [0, 0.1) is 5.92 Å². The highest BCUT2D eigenvalue weighted by Gasteiger charge is 2.39. The summed E-state index contributed by atoms with van der Waals surface area (Å²) in [4.78, 5) is 43.4. The van der Waals surface area contributed by atoms with Gasteiger partial charge in [-0.25, -0.2) is 14.8 Å². The van der Waals surface area contributed by atoms with Crippen LogP contribution in [0.25, 0.3) is 22.2 Å². The first-order chi connectivity index (χ1) is 25.5. The third-order valence-corrected chi connectivity index (χ3v) is 10.7. The molecular formula is C40H51N9O4. The first-order valence-electron chi connectivity index (χ1n) is 18.9. The number of fused-ring (bicyclic) bond motifs is 1. The summed E-state index contributed by atoms with van der Waals surface area (Å²) in [6, 6.07) is 15.4. The summed E-state index contributed by atoms with van der Waals surface area (Å²) in [6.07, 6.45) is 6.20. The Morgan fingerprint density at radius 2 is 1.70 bits per heavy atom. The number of carbonyl (C=O) groups excluding carboxylic acids is 2. The molecule has 8 rings (SSSR count). The highest BCUT2D eigenvalue weighted by molar-refractivity contribution is 5.96. The quantitative estimate of drug-likeness (QED) is 0.208. The molecule has 1 aliphatic carbocycles. The van der Waals surface area contributed by atoms with Gasteiger partial charge in [-0.3, -0.25) is 14.6 Å². The lowest BCUT2D eigenvalue weighted by atomic mass is 9.96. The van der Waals surface area contributed by atoms with E-state index >= 15 is 0 Å². The van der Waals surface area contributed by atoms with E-state index < -0.39 is 5.60 Å². The van der Waals surface area contributed by atoms with Crippen molar-refractivity contribution in [2.24, 2.45) is 5.92 Å². The molecule has 0 bridgehead atoms. The van der Waals surface area contributed by atoms with Gasteiger partial charge in [-0.15, -0.1) is 0 Å². The van der Waals surface area contributed by atoms with Crippen LogP contribution >= 0.6 is 0 Å². The molecule has 0 radical (unpaired) electrons. The van der Waals surface area contributed by atoms with E-state index in [1.54, 1.807) is 18.2 Å². The molecule has 0 spiro atoms. The summed E-state index contributed by atoms with van der Waals surface area (Å²) in [7, 11) is 1.66. The Balaban J connectivity index is 0.903. The predicted octanol–water partition coefficient (Wildman–Crippen LogP) is 5.82. The van der Waals surface area contributed by atoms with Crippen molar-refractivity contribution in [3.8, 4) is 17.0 Å². The number of carbonyl (C=O) groups is 2. The van der Waals surface area contributed by atoms with Gasteiger partial charge in [0.2, 0.25) is 11.9 Å². The van der Waals surface area contributed by atoms with Crippen LogP contribution in [0.4, 0.5) is 27.8 Å². The van der Waals surface area contributed by atoms with Crippen molar-refractivity contribution in [2.75, 3.05) is 81.5 Å².